The number of carbonyl (C=O) groups excluding carboxylic acids is 1. The first-order valence-corrected chi connectivity index (χ1v) is 4.55. The maximum absolute atomic E-state index is 11.5. The highest BCUT2D eigenvalue weighted by atomic mass is 16.4. The van der Waals surface area contributed by atoms with Crippen LogP contribution in [0.4, 0.5) is 0 Å². The number of amides is 1. The Morgan fingerprint density at radius 2 is 1.92 bits per heavy atom. The maximum atomic E-state index is 11.5. The molecule has 0 radical (unpaired) electrons. The molecule has 0 aromatic rings. The van der Waals surface area contributed by atoms with Crippen molar-refractivity contribution in [3.05, 3.63) is 0 Å². The van der Waals surface area contributed by atoms with Crippen molar-refractivity contribution in [3.63, 3.8) is 0 Å². The lowest BCUT2D eigenvalue weighted by atomic mass is 9.63. The second kappa shape index (κ2) is 2.25. The lowest BCUT2D eigenvalue weighted by molar-refractivity contribution is -0.160. The van der Waals surface area contributed by atoms with Crippen LogP contribution in [-0.4, -0.2) is 22.5 Å². The highest BCUT2D eigenvalue weighted by Gasteiger charge is 2.55. The highest BCUT2D eigenvalue weighted by Crippen LogP contribution is 2.45. The van der Waals surface area contributed by atoms with Crippen LogP contribution in [-0.2, 0) is 9.59 Å². The molecule has 0 unspecified atom stereocenters. The molecular weight excluding hydrogens is 170 g/mol. The summed E-state index contributed by atoms with van der Waals surface area (Å²) in [7, 11) is 0. The number of nitrogens with one attached hydrogen (secondary N) is 1. The fourth-order valence-electron chi connectivity index (χ4n) is 2.22. The summed E-state index contributed by atoms with van der Waals surface area (Å²) in [5.74, 6) is -0.977. The average molecular weight is 183 g/mol. The Bertz CT molecular complexity index is 277. The normalized spacial score (nSPS) is 43.0. The third-order valence-electron chi connectivity index (χ3n) is 3.52. The fourth-order valence-corrected chi connectivity index (χ4v) is 2.22. The van der Waals surface area contributed by atoms with Crippen molar-refractivity contribution in [2.45, 2.75) is 38.1 Å². The van der Waals surface area contributed by atoms with Gasteiger partial charge in [0.15, 0.2) is 0 Å². The van der Waals surface area contributed by atoms with E-state index in [4.69, 9.17) is 5.11 Å². The molecule has 0 atom stereocenters. The van der Waals surface area contributed by atoms with Crippen LogP contribution in [0, 0.1) is 5.41 Å². The molecule has 72 valence electrons. The fraction of sp³-hybridized carbons (Fsp3) is 0.778. The molecule has 2 bridgehead atoms. The van der Waals surface area contributed by atoms with Crippen molar-refractivity contribution >= 4 is 11.9 Å². The summed E-state index contributed by atoms with van der Waals surface area (Å²) in [6, 6.07) is 0. The lowest BCUT2D eigenvalue weighted by Gasteiger charge is -2.49. The van der Waals surface area contributed by atoms with Crippen molar-refractivity contribution in [3.8, 4) is 0 Å². The summed E-state index contributed by atoms with van der Waals surface area (Å²) in [4.78, 5) is 22.5. The van der Waals surface area contributed by atoms with E-state index < -0.39 is 11.5 Å². The molecule has 1 saturated carbocycles. The number of carboxylic acid groups (broad SMARTS) is 1. The second-order valence-corrected chi connectivity index (χ2v) is 4.40. The number of hydrogen-bond acceptors (Lipinski definition) is 2. The minimum Gasteiger partial charge on any atom is -0.480 e. The number of carbonyl (C=O) groups is 2. The predicted molar refractivity (Wildman–Crippen MR) is 45.1 cm³/mol. The largest absolute Gasteiger partial charge is 0.480 e. The molecule has 3 aliphatic rings. The first kappa shape index (κ1) is 8.53. The van der Waals surface area contributed by atoms with Gasteiger partial charge in [-0.3, -0.25) is 4.79 Å². The van der Waals surface area contributed by atoms with Gasteiger partial charge in [-0.1, -0.05) is 6.92 Å². The summed E-state index contributed by atoms with van der Waals surface area (Å²) in [6.45, 7) is 1.91. The van der Waals surface area contributed by atoms with Crippen LogP contribution in [0.3, 0.4) is 0 Å². The summed E-state index contributed by atoms with van der Waals surface area (Å²) in [5, 5.41) is 11.6. The van der Waals surface area contributed by atoms with Crippen molar-refractivity contribution < 1.29 is 14.7 Å². The molecular formula is C9H13NO3. The number of rotatable bonds is 1. The Labute approximate surface area is 76.3 Å². The van der Waals surface area contributed by atoms with E-state index in [0.29, 0.717) is 25.7 Å². The zero-order valence-electron chi connectivity index (χ0n) is 7.59. The molecule has 13 heavy (non-hydrogen) atoms. The number of fused-ring (bicyclic) bond motifs is 3. The first-order chi connectivity index (χ1) is 5.99. The van der Waals surface area contributed by atoms with E-state index in [1.54, 1.807) is 0 Å². The molecule has 2 heterocycles. The Hall–Kier alpha value is -1.06. The monoisotopic (exact) mass is 183 g/mol. The van der Waals surface area contributed by atoms with Crippen LogP contribution < -0.4 is 5.32 Å². The molecule has 4 nitrogen and oxygen atoms in total. The molecule has 1 amide bonds. The van der Waals surface area contributed by atoms with Gasteiger partial charge in [0.05, 0.1) is 0 Å². The van der Waals surface area contributed by atoms with Crippen LogP contribution in [0.1, 0.15) is 32.6 Å². The molecule has 0 spiro atoms. The minimum absolute atomic E-state index is 0.0904. The molecule has 2 N–H and O–H groups in total. The summed E-state index contributed by atoms with van der Waals surface area (Å²) < 4.78 is 0. The van der Waals surface area contributed by atoms with Crippen molar-refractivity contribution in [2.75, 3.05) is 0 Å². The van der Waals surface area contributed by atoms with Crippen LogP contribution in [0.5, 0.6) is 0 Å². The quantitative estimate of drug-likeness (QED) is 0.622. The van der Waals surface area contributed by atoms with Gasteiger partial charge < -0.3 is 10.4 Å². The maximum Gasteiger partial charge on any atom is 0.329 e. The van der Waals surface area contributed by atoms with E-state index >= 15 is 0 Å². The van der Waals surface area contributed by atoms with Crippen molar-refractivity contribution in [1.29, 1.82) is 0 Å². The van der Waals surface area contributed by atoms with Gasteiger partial charge >= 0.3 is 5.97 Å². The zero-order chi connectivity index (χ0) is 9.69. The van der Waals surface area contributed by atoms with Crippen LogP contribution in [0.15, 0.2) is 0 Å². The first-order valence-electron chi connectivity index (χ1n) is 4.55. The van der Waals surface area contributed by atoms with Gasteiger partial charge in [-0.05, 0) is 25.7 Å². The van der Waals surface area contributed by atoms with Gasteiger partial charge in [0.2, 0.25) is 5.91 Å². The molecule has 3 fully saturated rings. The Balaban J connectivity index is 2.31. The van der Waals surface area contributed by atoms with E-state index in [-0.39, 0.29) is 11.3 Å². The number of carboxylic acids is 1. The average Bonchev–Trinajstić information content (AvgIpc) is 2.08. The van der Waals surface area contributed by atoms with Gasteiger partial charge in [-0.15, -0.1) is 0 Å². The highest BCUT2D eigenvalue weighted by molar-refractivity contribution is 5.92. The number of hydrogen-bond donors (Lipinski definition) is 2. The van der Waals surface area contributed by atoms with E-state index in [2.05, 4.69) is 5.32 Å². The molecule has 3 rings (SSSR count). The lowest BCUT2D eigenvalue weighted by Crippen LogP contribution is -2.66. The van der Waals surface area contributed by atoms with Gasteiger partial charge in [0.1, 0.15) is 5.54 Å². The summed E-state index contributed by atoms with van der Waals surface area (Å²) in [5.41, 5.74) is -1.26. The summed E-state index contributed by atoms with van der Waals surface area (Å²) >= 11 is 0. The Kier molecular flexibility index (Phi) is 1.47. The van der Waals surface area contributed by atoms with E-state index in [0.717, 1.165) is 0 Å². The Morgan fingerprint density at radius 1 is 1.38 bits per heavy atom. The van der Waals surface area contributed by atoms with Gasteiger partial charge in [0.25, 0.3) is 0 Å². The molecule has 1 aliphatic carbocycles. The van der Waals surface area contributed by atoms with E-state index in [1.165, 1.54) is 0 Å². The predicted octanol–water partition coefficient (Wildman–Crippen LogP) is 0.520. The molecule has 0 aromatic heterocycles. The van der Waals surface area contributed by atoms with Gasteiger partial charge in [-0.25, -0.2) is 4.79 Å². The number of piperidine rings is 2. The second-order valence-electron chi connectivity index (χ2n) is 4.40. The van der Waals surface area contributed by atoms with Crippen LogP contribution >= 0.6 is 0 Å². The molecule has 2 aliphatic heterocycles. The Morgan fingerprint density at radius 3 is 2.31 bits per heavy atom. The third-order valence-corrected chi connectivity index (χ3v) is 3.52. The zero-order valence-corrected chi connectivity index (χ0v) is 7.59. The van der Waals surface area contributed by atoms with Crippen LogP contribution in [0.2, 0.25) is 0 Å². The van der Waals surface area contributed by atoms with E-state index in [1.807, 2.05) is 6.92 Å². The minimum atomic E-state index is -0.950. The SMILES string of the molecule is CC12CCC(C(=O)O)(CC1)NC2=O. The number of aliphatic carboxylic acids is 1. The topological polar surface area (TPSA) is 66.4 Å². The van der Waals surface area contributed by atoms with Gasteiger partial charge in [0, 0.05) is 5.41 Å². The molecule has 4 heteroatoms. The summed E-state index contributed by atoms with van der Waals surface area (Å²) in [6.07, 6.45) is 2.55. The van der Waals surface area contributed by atoms with Crippen molar-refractivity contribution in [1.82, 2.24) is 5.32 Å². The molecule has 2 saturated heterocycles. The van der Waals surface area contributed by atoms with E-state index in [9.17, 15) is 9.59 Å². The van der Waals surface area contributed by atoms with Crippen molar-refractivity contribution in [2.24, 2.45) is 5.41 Å². The standard InChI is InChI=1S/C9H13NO3/c1-8-2-4-9(5-3-8,7(12)13)10-6(8)11/h2-5H2,1H3,(H,10,11)(H,12,13). The van der Waals surface area contributed by atoms with Crippen LogP contribution in [0.25, 0.3) is 0 Å². The third kappa shape index (κ3) is 0.975. The smallest absolute Gasteiger partial charge is 0.329 e. The van der Waals surface area contributed by atoms with Gasteiger partial charge in [-0.2, -0.15) is 0 Å². The molecule has 0 aromatic carbocycles.